The van der Waals surface area contributed by atoms with Gasteiger partial charge in [-0.05, 0) is 36.6 Å². The van der Waals surface area contributed by atoms with Crippen LogP contribution in [0.5, 0.6) is 0 Å². The fourth-order valence-electron chi connectivity index (χ4n) is 2.02. The standard InChI is InChI=1S/C11H12BrFO/c12-8-2-3-10(13)9(6-8)11(7-14)4-1-5-11/h2-3,6,14H,1,4-5,7H2. The molecule has 2 rings (SSSR count). The average Bonchev–Trinajstić information content (AvgIpc) is 2.10. The molecule has 0 aromatic heterocycles. The molecule has 0 aliphatic heterocycles. The van der Waals surface area contributed by atoms with E-state index in [-0.39, 0.29) is 17.8 Å². The van der Waals surface area contributed by atoms with E-state index in [0.717, 1.165) is 23.7 Å². The Bertz CT molecular complexity index is 342. The van der Waals surface area contributed by atoms with Crippen LogP contribution in [0.15, 0.2) is 22.7 Å². The van der Waals surface area contributed by atoms with E-state index < -0.39 is 0 Å². The summed E-state index contributed by atoms with van der Waals surface area (Å²) in [6.07, 6.45) is 2.85. The van der Waals surface area contributed by atoms with Gasteiger partial charge < -0.3 is 5.11 Å². The van der Waals surface area contributed by atoms with Gasteiger partial charge in [-0.1, -0.05) is 22.4 Å². The Labute approximate surface area is 91.1 Å². The first-order chi connectivity index (χ1) is 6.68. The molecule has 0 bridgehead atoms. The zero-order chi connectivity index (χ0) is 10.2. The van der Waals surface area contributed by atoms with Crippen molar-refractivity contribution >= 4 is 15.9 Å². The van der Waals surface area contributed by atoms with Crippen molar-refractivity contribution in [2.45, 2.75) is 24.7 Å². The lowest BCUT2D eigenvalue weighted by atomic mass is 9.65. The maximum atomic E-state index is 13.5. The molecule has 0 radical (unpaired) electrons. The molecule has 1 aliphatic rings. The minimum Gasteiger partial charge on any atom is -0.395 e. The zero-order valence-electron chi connectivity index (χ0n) is 7.76. The highest BCUT2D eigenvalue weighted by atomic mass is 79.9. The van der Waals surface area contributed by atoms with Crippen molar-refractivity contribution in [3.05, 3.63) is 34.1 Å². The number of hydrogen-bond acceptors (Lipinski definition) is 1. The Kier molecular flexibility index (Phi) is 2.62. The van der Waals surface area contributed by atoms with Crippen LogP contribution >= 0.6 is 15.9 Å². The Balaban J connectivity index is 2.43. The SMILES string of the molecule is OCC1(c2cc(Br)ccc2F)CCC1. The third-order valence-corrected chi connectivity index (χ3v) is 3.61. The van der Waals surface area contributed by atoms with E-state index in [2.05, 4.69) is 15.9 Å². The monoisotopic (exact) mass is 258 g/mol. The maximum Gasteiger partial charge on any atom is 0.127 e. The summed E-state index contributed by atoms with van der Waals surface area (Å²) >= 11 is 3.32. The van der Waals surface area contributed by atoms with E-state index in [1.165, 1.54) is 6.07 Å². The molecule has 14 heavy (non-hydrogen) atoms. The summed E-state index contributed by atoms with van der Waals surface area (Å²) in [6, 6.07) is 4.92. The molecule has 1 aromatic rings. The van der Waals surface area contributed by atoms with Gasteiger partial charge in [-0.25, -0.2) is 4.39 Å². The molecule has 1 N–H and O–H groups in total. The van der Waals surface area contributed by atoms with Gasteiger partial charge in [-0.15, -0.1) is 0 Å². The Morgan fingerprint density at radius 3 is 2.64 bits per heavy atom. The third kappa shape index (κ3) is 1.48. The molecule has 0 heterocycles. The summed E-state index contributed by atoms with van der Waals surface area (Å²) in [5.41, 5.74) is 0.342. The van der Waals surface area contributed by atoms with Crippen LogP contribution < -0.4 is 0 Å². The van der Waals surface area contributed by atoms with Crippen molar-refractivity contribution in [1.82, 2.24) is 0 Å². The average molecular weight is 259 g/mol. The van der Waals surface area contributed by atoms with Gasteiger partial charge in [0.05, 0.1) is 6.61 Å². The molecular weight excluding hydrogens is 247 g/mol. The first-order valence-corrected chi connectivity index (χ1v) is 5.54. The van der Waals surface area contributed by atoms with Gasteiger partial charge in [-0.2, -0.15) is 0 Å². The molecular formula is C11H12BrFO. The summed E-state index contributed by atoms with van der Waals surface area (Å²) in [4.78, 5) is 0. The van der Waals surface area contributed by atoms with Crippen LogP contribution in [0, 0.1) is 5.82 Å². The van der Waals surface area contributed by atoms with E-state index in [1.807, 2.05) is 0 Å². The molecule has 3 heteroatoms. The smallest absolute Gasteiger partial charge is 0.127 e. The molecule has 1 fully saturated rings. The first-order valence-electron chi connectivity index (χ1n) is 4.74. The lowest BCUT2D eigenvalue weighted by Crippen LogP contribution is -2.38. The quantitative estimate of drug-likeness (QED) is 0.865. The van der Waals surface area contributed by atoms with Crippen molar-refractivity contribution in [3.8, 4) is 0 Å². The van der Waals surface area contributed by atoms with Crippen molar-refractivity contribution in [2.75, 3.05) is 6.61 Å². The highest BCUT2D eigenvalue weighted by Crippen LogP contribution is 2.44. The maximum absolute atomic E-state index is 13.5. The topological polar surface area (TPSA) is 20.2 Å². The molecule has 76 valence electrons. The van der Waals surface area contributed by atoms with E-state index >= 15 is 0 Å². The lowest BCUT2D eigenvalue weighted by molar-refractivity contribution is 0.116. The molecule has 0 amide bonds. The molecule has 0 spiro atoms. The van der Waals surface area contributed by atoms with E-state index in [1.54, 1.807) is 12.1 Å². The molecule has 1 nitrogen and oxygen atoms in total. The number of aliphatic hydroxyl groups is 1. The predicted octanol–water partition coefficient (Wildman–Crippen LogP) is 3.00. The molecule has 0 saturated heterocycles. The van der Waals surface area contributed by atoms with Crippen LogP contribution in [-0.2, 0) is 5.41 Å². The number of hydrogen-bond donors (Lipinski definition) is 1. The van der Waals surface area contributed by atoms with Gasteiger partial charge in [-0.3, -0.25) is 0 Å². The molecule has 1 aromatic carbocycles. The molecule has 0 unspecified atom stereocenters. The highest BCUT2D eigenvalue weighted by molar-refractivity contribution is 9.10. The lowest BCUT2D eigenvalue weighted by Gasteiger charge is -2.41. The van der Waals surface area contributed by atoms with Crippen molar-refractivity contribution in [1.29, 1.82) is 0 Å². The second-order valence-electron chi connectivity index (χ2n) is 3.92. The second kappa shape index (κ2) is 3.63. The van der Waals surface area contributed by atoms with Crippen LogP contribution in [0.4, 0.5) is 4.39 Å². The number of halogens is 2. The minimum absolute atomic E-state index is 0.0420. The zero-order valence-corrected chi connectivity index (χ0v) is 9.35. The predicted molar refractivity (Wildman–Crippen MR) is 56.7 cm³/mol. The molecule has 0 atom stereocenters. The summed E-state index contributed by atoms with van der Waals surface area (Å²) in [5, 5.41) is 9.32. The van der Waals surface area contributed by atoms with Gasteiger partial charge in [0.15, 0.2) is 0 Å². The minimum atomic E-state index is -0.312. The Morgan fingerprint density at radius 2 is 2.14 bits per heavy atom. The van der Waals surface area contributed by atoms with E-state index in [9.17, 15) is 9.50 Å². The van der Waals surface area contributed by atoms with E-state index in [0.29, 0.717) is 5.56 Å². The molecule has 1 aliphatic carbocycles. The fraction of sp³-hybridized carbons (Fsp3) is 0.455. The Morgan fingerprint density at radius 1 is 1.43 bits per heavy atom. The van der Waals surface area contributed by atoms with Crippen molar-refractivity contribution in [2.24, 2.45) is 0 Å². The van der Waals surface area contributed by atoms with Crippen LogP contribution in [0.3, 0.4) is 0 Å². The van der Waals surface area contributed by atoms with Crippen LogP contribution in [0.25, 0.3) is 0 Å². The van der Waals surface area contributed by atoms with Gasteiger partial charge in [0.25, 0.3) is 0 Å². The van der Waals surface area contributed by atoms with Crippen molar-refractivity contribution in [3.63, 3.8) is 0 Å². The summed E-state index contributed by atoms with van der Waals surface area (Å²) in [7, 11) is 0. The second-order valence-corrected chi connectivity index (χ2v) is 4.83. The van der Waals surface area contributed by atoms with Crippen LogP contribution in [-0.4, -0.2) is 11.7 Å². The number of aliphatic hydroxyl groups excluding tert-OH is 1. The largest absolute Gasteiger partial charge is 0.395 e. The normalized spacial score (nSPS) is 19.1. The van der Waals surface area contributed by atoms with Gasteiger partial charge in [0.2, 0.25) is 0 Å². The summed E-state index contributed by atoms with van der Waals surface area (Å²) in [6.45, 7) is 0.0420. The molecule has 1 saturated carbocycles. The van der Waals surface area contributed by atoms with Crippen molar-refractivity contribution < 1.29 is 9.50 Å². The third-order valence-electron chi connectivity index (χ3n) is 3.11. The fourth-order valence-corrected chi connectivity index (χ4v) is 2.38. The highest BCUT2D eigenvalue weighted by Gasteiger charge is 2.39. The van der Waals surface area contributed by atoms with Crippen LogP contribution in [0.2, 0.25) is 0 Å². The number of benzene rings is 1. The van der Waals surface area contributed by atoms with Crippen LogP contribution in [0.1, 0.15) is 24.8 Å². The van der Waals surface area contributed by atoms with Gasteiger partial charge in [0, 0.05) is 9.89 Å². The summed E-state index contributed by atoms with van der Waals surface area (Å²) < 4.78 is 14.4. The summed E-state index contributed by atoms with van der Waals surface area (Å²) in [5.74, 6) is -0.207. The van der Waals surface area contributed by atoms with E-state index in [4.69, 9.17) is 0 Å². The first kappa shape index (κ1) is 10.1. The Hall–Kier alpha value is -0.410. The van der Waals surface area contributed by atoms with Gasteiger partial charge in [0.1, 0.15) is 5.82 Å². The van der Waals surface area contributed by atoms with Gasteiger partial charge >= 0.3 is 0 Å². The number of rotatable bonds is 2.